The number of benzene rings is 2. The Hall–Kier alpha value is -2.05. The summed E-state index contributed by atoms with van der Waals surface area (Å²) in [5, 5.41) is 4.80. The van der Waals surface area contributed by atoms with Gasteiger partial charge in [0.2, 0.25) is 5.91 Å². The van der Waals surface area contributed by atoms with Crippen LogP contribution in [0.5, 0.6) is 0 Å². The molecule has 1 aromatic heterocycles. The van der Waals surface area contributed by atoms with Gasteiger partial charge in [-0.2, -0.15) is 11.8 Å². The molecule has 0 unspecified atom stereocenters. The number of aromatic nitrogens is 2. The number of thioether (sulfide) groups is 2. The summed E-state index contributed by atoms with van der Waals surface area (Å²) in [5.74, 6) is 2.28. The number of hydrogen-bond donors (Lipinski definition) is 1. The van der Waals surface area contributed by atoms with E-state index >= 15 is 0 Å². The van der Waals surface area contributed by atoms with Gasteiger partial charge in [0, 0.05) is 23.4 Å². The molecule has 2 aromatic carbocycles. The third-order valence-electron chi connectivity index (χ3n) is 3.53. The van der Waals surface area contributed by atoms with Crippen molar-refractivity contribution in [3.05, 3.63) is 66.5 Å². The van der Waals surface area contributed by atoms with E-state index in [2.05, 4.69) is 27.4 Å². The predicted octanol–water partition coefficient (Wildman–Crippen LogP) is 3.77. The van der Waals surface area contributed by atoms with Crippen molar-refractivity contribution < 1.29 is 4.79 Å². The topological polar surface area (TPSA) is 54.9 Å². The van der Waals surface area contributed by atoms with E-state index in [1.54, 1.807) is 6.33 Å². The first-order chi connectivity index (χ1) is 12.3. The number of hydrogen-bond acceptors (Lipinski definition) is 5. The van der Waals surface area contributed by atoms with Gasteiger partial charge in [-0.05, 0) is 11.6 Å². The van der Waals surface area contributed by atoms with Crippen LogP contribution >= 0.6 is 23.5 Å². The van der Waals surface area contributed by atoms with Crippen LogP contribution in [0.2, 0.25) is 0 Å². The molecule has 25 heavy (non-hydrogen) atoms. The Morgan fingerprint density at radius 1 is 1.00 bits per heavy atom. The second-order valence-corrected chi connectivity index (χ2v) is 7.44. The number of para-hydroxylation sites is 1. The lowest BCUT2D eigenvalue weighted by atomic mass is 10.2. The molecule has 0 bridgehead atoms. The first kappa shape index (κ1) is 17.8. The Balaban J connectivity index is 1.38. The molecule has 0 radical (unpaired) electrons. The van der Waals surface area contributed by atoms with Gasteiger partial charge in [0.25, 0.3) is 0 Å². The minimum absolute atomic E-state index is 0.0352. The maximum atomic E-state index is 12.0. The average molecular weight is 370 g/mol. The van der Waals surface area contributed by atoms with Crippen LogP contribution in [0.4, 0.5) is 0 Å². The second-order valence-electron chi connectivity index (χ2n) is 5.37. The van der Waals surface area contributed by atoms with Gasteiger partial charge in [0.05, 0.1) is 11.3 Å². The lowest BCUT2D eigenvalue weighted by molar-refractivity contribution is -0.118. The van der Waals surface area contributed by atoms with E-state index in [4.69, 9.17) is 0 Å². The van der Waals surface area contributed by atoms with Gasteiger partial charge in [-0.1, -0.05) is 60.3 Å². The fourth-order valence-electron chi connectivity index (χ4n) is 2.31. The number of carbonyl (C=O) groups excluding carboxylic acids is 1. The van der Waals surface area contributed by atoms with Crippen LogP contribution in [-0.4, -0.2) is 33.9 Å². The summed E-state index contributed by atoms with van der Waals surface area (Å²) in [6, 6.07) is 18.2. The highest BCUT2D eigenvalue weighted by atomic mass is 32.2. The third kappa shape index (κ3) is 5.47. The summed E-state index contributed by atoms with van der Waals surface area (Å²) in [4.78, 5) is 20.5. The molecule has 3 rings (SSSR count). The fraction of sp³-hybridized carbons (Fsp3) is 0.211. The van der Waals surface area contributed by atoms with Crippen molar-refractivity contribution in [3.63, 3.8) is 0 Å². The maximum Gasteiger partial charge on any atom is 0.230 e. The standard InChI is InChI=1S/C19H19N3OS2/c23-18(20-10-11-24-12-15-6-2-1-3-7-15)13-25-19-16-8-4-5-9-17(16)21-14-22-19/h1-9,14H,10-13H2,(H,20,23). The van der Waals surface area contributed by atoms with Crippen LogP contribution in [0.3, 0.4) is 0 Å². The first-order valence-corrected chi connectivity index (χ1v) is 10.2. The average Bonchev–Trinajstić information content (AvgIpc) is 2.67. The Kier molecular flexibility index (Phi) is 6.71. The van der Waals surface area contributed by atoms with Gasteiger partial charge >= 0.3 is 0 Å². The summed E-state index contributed by atoms with van der Waals surface area (Å²) in [6.45, 7) is 0.682. The zero-order valence-electron chi connectivity index (χ0n) is 13.7. The van der Waals surface area contributed by atoms with E-state index in [1.165, 1.54) is 17.3 Å². The minimum atomic E-state index is 0.0352. The summed E-state index contributed by atoms with van der Waals surface area (Å²) < 4.78 is 0. The van der Waals surface area contributed by atoms with Gasteiger partial charge in [0.15, 0.2) is 0 Å². The fourth-order valence-corrected chi connectivity index (χ4v) is 3.95. The zero-order chi connectivity index (χ0) is 17.3. The SMILES string of the molecule is O=C(CSc1ncnc2ccccc12)NCCSCc1ccccc1. The lowest BCUT2D eigenvalue weighted by Gasteiger charge is -2.06. The molecule has 0 aliphatic rings. The van der Waals surface area contributed by atoms with E-state index in [0.717, 1.165) is 27.4 Å². The van der Waals surface area contributed by atoms with Gasteiger partial charge in [0.1, 0.15) is 11.4 Å². The van der Waals surface area contributed by atoms with E-state index < -0.39 is 0 Å². The van der Waals surface area contributed by atoms with Crippen molar-refractivity contribution in [1.82, 2.24) is 15.3 Å². The Labute approximate surface area is 155 Å². The Bertz CT molecular complexity index is 822. The van der Waals surface area contributed by atoms with Crippen LogP contribution in [0.1, 0.15) is 5.56 Å². The van der Waals surface area contributed by atoms with Crippen molar-refractivity contribution in [1.29, 1.82) is 0 Å². The molecule has 0 atom stereocenters. The molecule has 1 heterocycles. The van der Waals surface area contributed by atoms with Crippen LogP contribution in [0.25, 0.3) is 10.9 Å². The number of fused-ring (bicyclic) bond motifs is 1. The van der Waals surface area contributed by atoms with Crippen molar-refractivity contribution >= 4 is 40.3 Å². The molecule has 0 saturated carbocycles. The Morgan fingerprint density at radius 3 is 2.68 bits per heavy atom. The van der Waals surface area contributed by atoms with E-state index in [1.807, 2.05) is 54.2 Å². The Morgan fingerprint density at radius 2 is 1.80 bits per heavy atom. The molecule has 0 spiro atoms. The third-order valence-corrected chi connectivity index (χ3v) is 5.56. The summed E-state index contributed by atoms with van der Waals surface area (Å²) in [7, 11) is 0. The number of nitrogens with zero attached hydrogens (tertiary/aromatic N) is 2. The highest BCUT2D eigenvalue weighted by Gasteiger charge is 2.07. The molecule has 0 fully saturated rings. The number of amides is 1. The number of nitrogens with one attached hydrogen (secondary N) is 1. The van der Waals surface area contributed by atoms with Crippen molar-refractivity contribution in [2.24, 2.45) is 0 Å². The van der Waals surface area contributed by atoms with E-state index in [9.17, 15) is 4.79 Å². The second kappa shape index (κ2) is 9.44. The number of rotatable bonds is 8. The lowest BCUT2D eigenvalue weighted by Crippen LogP contribution is -2.27. The van der Waals surface area contributed by atoms with Gasteiger partial charge in [-0.3, -0.25) is 4.79 Å². The van der Waals surface area contributed by atoms with E-state index in [0.29, 0.717) is 12.3 Å². The highest BCUT2D eigenvalue weighted by molar-refractivity contribution is 8.00. The molecule has 6 heteroatoms. The minimum Gasteiger partial charge on any atom is -0.355 e. The monoisotopic (exact) mass is 369 g/mol. The van der Waals surface area contributed by atoms with Crippen LogP contribution in [0, 0.1) is 0 Å². The molecule has 0 saturated heterocycles. The van der Waals surface area contributed by atoms with Crippen molar-refractivity contribution in [2.75, 3.05) is 18.1 Å². The molecule has 1 amide bonds. The molecule has 128 valence electrons. The molecule has 0 aliphatic carbocycles. The molecular weight excluding hydrogens is 350 g/mol. The maximum absolute atomic E-state index is 12.0. The smallest absolute Gasteiger partial charge is 0.230 e. The zero-order valence-corrected chi connectivity index (χ0v) is 15.4. The molecule has 0 aliphatic heterocycles. The van der Waals surface area contributed by atoms with Gasteiger partial charge in [-0.25, -0.2) is 9.97 Å². The molecule has 1 N–H and O–H groups in total. The summed E-state index contributed by atoms with van der Waals surface area (Å²) in [6.07, 6.45) is 1.54. The number of carbonyl (C=O) groups is 1. The van der Waals surface area contributed by atoms with Crippen molar-refractivity contribution in [3.8, 4) is 0 Å². The molecule has 4 nitrogen and oxygen atoms in total. The largest absolute Gasteiger partial charge is 0.355 e. The van der Waals surface area contributed by atoms with Gasteiger partial charge < -0.3 is 5.32 Å². The molecular formula is C19H19N3OS2. The predicted molar refractivity (Wildman–Crippen MR) is 106 cm³/mol. The first-order valence-electron chi connectivity index (χ1n) is 8.04. The van der Waals surface area contributed by atoms with Crippen LogP contribution in [0.15, 0.2) is 66.0 Å². The quantitative estimate of drug-likeness (QED) is 0.372. The molecule has 3 aromatic rings. The summed E-state index contributed by atoms with van der Waals surface area (Å²) >= 11 is 3.27. The van der Waals surface area contributed by atoms with Crippen LogP contribution < -0.4 is 5.32 Å². The normalized spacial score (nSPS) is 10.7. The van der Waals surface area contributed by atoms with Crippen molar-refractivity contribution in [2.45, 2.75) is 10.8 Å². The highest BCUT2D eigenvalue weighted by Crippen LogP contribution is 2.23. The summed E-state index contributed by atoms with van der Waals surface area (Å²) in [5.41, 5.74) is 2.21. The van der Waals surface area contributed by atoms with Gasteiger partial charge in [-0.15, -0.1) is 0 Å². The van der Waals surface area contributed by atoms with E-state index in [-0.39, 0.29) is 5.91 Å². The van der Waals surface area contributed by atoms with Crippen LogP contribution in [-0.2, 0) is 10.5 Å².